The zero-order chi connectivity index (χ0) is 14.1. The number of carbonyl (C=O) groups is 1. The van der Waals surface area contributed by atoms with Crippen molar-refractivity contribution in [2.75, 3.05) is 7.11 Å². The molecule has 3 aromatic rings. The molecule has 0 spiro atoms. The first kappa shape index (κ1) is 12.9. The third kappa shape index (κ3) is 2.32. The number of ether oxygens (including phenoxy) is 1. The van der Waals surface area contributed by atoms with Gasteiger partial charge in [0.15, 0.2) is 0 Å². The quantitative estimate of drug-likeness (QED) is 0.727. The number of fused-ring (bicyclic) bond motifs is 1. The fourth-order valence-electron chi connectivity index (χ4n) is 2.06. The van der Waals surface area contributed by atoms with Crippen molar-refractivity contribution in [2.45, 2.75) is 0 Å². The Morgan fingerprint density at radius 2 is 1.90 bits per heavy atom. The van der Waals surface area contributed by atoms with Gasteiger partial charge in [0, 0.05) is 10.0 Å². The fourth-order valence-corrected chi connectivity index (χ4v) is 2.44. The van der Waals surface area contributed by atoms with Gasteiger partial charge in [-0.1, -0.05) is 34.1 Å². The minimum absolute atomic E-state index is 0.346. The lowest BCUT2D eigenvalue weighted by Gasteiger charge is -2.01. The fraction of sp³-hybridized carbons (Fsp3) is 0.0667. The molecule has 0 radical (unpaired) electrons. The van der Waals surface area contributed by atoms with Crippen LogP contribution in [-0.2, 0) is 4.74 Å². The van der Waals surface area contributed by atoms with Crippen molar-refractivity contribution in [3.05, 3.63) is 52.6 Å². The standard InChI is InChI=1S/C15H11BrN2O2/c1-20-15(19)14-8-13(17-18-14)11-3-2-10-7-12(16)5-4-9(10)6-11/h2-8H,1H3,(H,17,18). The number of hydrogen-bond donors (Lipinski definition) is 1. The Labute approximate surface area is 123 Å². The van der Waals surface area contributed by atoms with E-state index in [-0.39, 0.29) is 0 Å². The van der Waals surface area contributed by atoms with E-state index in [1.54, 1.807) is 6.07 Å². The zero-order valence-corrected chi connectivity index (χ0v) is 12.3. The summed E-state index contributed by atoms with van der Waals surface area (Å²) >= 11 is 3.45. The van der Waals surface area contributed by atoms with Gasteiger partial charge in [0.25, 0.3) is 0 Å². The van der Waals surface area contributed by atoms with E-state index < -0.39 is 5.97 Å². The van der Waals surface area contributed by atoms with Crippen LogP contribution in [0.1, 0.15) is 10.5 Å². The molecular formula is C15H11BrN2O2. The highest BCUT2D eigenvalue weighted by atomic mass is 79.9. The lowest BCUT2D eigenvalue weighted by molar-refractivity contribution is 0.0594. The summed E-state index contributed by atoms with van der Waals surface area (Å²) in [5.41, 5.74) is 2.01. The third-order valence-corrected chi connectivity index (χ3v) is 3.57. The average molecular weight is 331 g/mol. The molecule has 0 amide bonds. The van der Waals surface area contributed by atoms with Crippen LogP contribution < -0.4 is 0 Å². The van der Waals surface area contributed by atoms with Crippen molar-refractivity contribution in [2.24, 2.45) is 0 Å². The Morgan fingerprint density at radius 1 is 1.15 bits per heavy atom. The molecule has 0 atom stereocenters. The number of benzene rings is 2. The second kappa shape index (κ2) is 5.09. The molecule has 1 heterocycles. The van der Waals surface area contributed by atoms with E-state index in [0.29, 0.717) is 5.69 Å². The van der Waals surface area contributed by atoms with Gasteiger partial charge < -0.3 is 4.74 Å². The number of H-pyrrole nitrogens is 1. The number of halogens is 1. The number of aromatic nitrogens is 2. The molecule has 20 heavy (non-hydrogen) atoms. The van der Waals surface area contributed by atoms with Gasteiger partial charge in [0.2, 0.25) is 0 Å². The topological polar surface area (TPSA) is 55.0 Å². The normalized spacial score (nSPS) is 10.7. The predicted molar refractivity (Wildman–Crippen MR) is 80.6 cm³/mol. The predicted octanol–water partition coefficient (Wildman–Crippen LogP) is 3.78. The zero-order valence-electron chi connectivity index (χ0n) is 10.7. The van der Waals surface area contributed by atoms with Crippen LogP contribution in [0.4, 0.5) is 0 Å². The van der Waals surface area contributed by atoms with Crippen LogP contribution in [0, 0.1) is 0 Å². The number of carbonyl (C=O) groups excluding carboxylic acids is 1. The molecule has 5 heteroatoms. The molecule has 2 aromatic carbocycles. The molecule has 1 aromatic heterocycles. The largest absolute Gasteiger partial charge is 0.464 e. The maximum atomic E-state index is 11.4. The van der Waals surface area contributed by atoms with E-state index in [0.717, 1.165) is 26.5 Å². The van der Waals surface area contributed by atoms with Crippen molar-refractivity contribution in [3.63, 3.8) is 0 Å². The smallest absolute Gasteiger partial charge is 0.356 e. The number of hydrogen-bond acceptors (Lipinski definition) is 3. The van der Waals surface area contributed by atoms with Gasteiger partial charge in [-0.3, -0.25) is 5.10 Å². The van der Waals surface area contributed by atoms with E-state index in [2.05, 4.69) is 36.9 Å². The number of esters is 1. The first-order valence-electron chi connectivity index (χ1n) is 6.01. The number of aromatic amines is 1. The molecule has 0 fully saturated rings. The number of nitrogens with one attached hydrogen (secondary N) is 1. The molecule has 3 rings (SSSR count). The maximum Gasteiger partial charge on any atom is 0.356 e. The molecule has 0 aliphatic heterocycles. The van der Waals surface area contributed by atoms with Gasteiger partial charge in [0.05, 0.1) is 12.8 Å². The van der Waals surface area contributed by atoms with Gasteiger partial charge >= 0.3 is 5.97 Å². The molecule has 1 N–H and O–H groups in total. The Bertz CT molecular complexity index is 795. The first-order valence-corrected chi connectivity index (χ1v) is 6.80. The molecule has 0 bridgehead atoms. The summed E-state index contributed by atoms with van der Waals surface area (Å²) in [6.07, 6.45) is 0. The number of methoxy groups -OCH3 is 1. The summed E-state index contributed by atoms with van der Waals surface area (Å²) in [5, 5.41) is 9.09. The van der Waals surface area contributed by atoms with Crippen LogP contribution in [0.25, 0.3) is 22.0 Å². The molecule has 0 aliphatic rings. The van der Waals surface area contributed by atoms with E-state index >= 15 is 0 Å². The summed E-state index contributed by atoms with van der Waals surface area (Å²) in [5.74, 6) is -0.423. The Kier molecular flexibility index (Phi) is 3.28. The summed E-state index contributed by atoms with van der Waals surface area (Å²) < 4.78 is 5.70. The summed E-state index contributed by atoms with van der Waals surface area (Å²) in [4.78, 5) is 11.4. The molecule has 0 saturated heterocycles. The summed E-state index contributed by atoms with van der Waals surface area (Å²) in [7, 11) is 1.34. The van der Waals surface area contributed by atoms with E-state index in [9.17, 15) is 4.79 Å². The first-order chi connectivity index (χ1) is 9.67. The molecule has 0 aliphatic carbocycles. The SMILES string of the molecule is COC(=O)c1cc(-c2ccc3cc(Br)ccc3c2)n[nH]1. The highest BCUT2D eigenvalue weighted by molar-refractivity contribution is 9.10. The highest BCUT2D eigenvalue weighted by Gasteiger charge is 2.11. The molecule has 100 valence electrons. The van der Waals surface area contributed by atoms with Crippen LogP contribution in [0.15, 0.2) is 46.9 Å². The third-order valence-electron chi connectivity index (χ3n) is 3.08. The molecule has 4 nitrogen and oxygen atoms in total. The minimum atomic E-state index is -0.423. The Morgan fingerprint density at radius 3 is 2.70 bits per heavy atom. The van der Waals surface area contributed by atoms with Crippen molar-refractivity contribution in [3.8, 4) is 11.3 Å². The lowest BCUT2D eigenvalue weighted by Crippen LogP contribution is -2.00. The van der Waals surface area contributed by atoms with E-state index in [1.165, 1.54) is 7.11 Å². The monoisotopic (exact) mass is 330 g/mol. The van der Waals surface area contributed by atoms with Gasteiger partial charge in [-0.2, -0.15) is 5.10 Å². The van der Waals surface area contributed by atoms with Crippen LogP contribution in [0.3, 0.4) is 0 Å². The summed E-state index contributed by atoms with van der Waals surface area (Å²) in [6, 6.07) is 13.8. The molecular weight excluding hydrogens is 320 g/mol. The number of nitrogens with zero attached hydrogens (tertiary/aromatic N) is 1. The lowest BCUT2D eigenvalue weighted by atomic mass is 10.1. The van der Waals surface area contributed by atoms with Gasteiger partial charge in [0.1, 0.15) is 5.69 Å². The second-order valence-electron chi connectivity index (χ2n) is 4.36. The minimum Gasteiger partial charge on any atom is -0.464 e. The van der Waals surface area contributed by atoms with Crippen LogP contribution in [-0.4, -0.2) is 23.3 Å². The van der Waals surface area contributed by atoms with Crippen LogP contribution >= 0.6 is 15.9 Å². The Hall–Kier alpha value is -2.14. The van der Waals surface area contributed by atoms with Crippen molar-refractivity contribution in [1.29, 1.82) is 0 Å². The summed E-state index contributed by atoms with van der Waals surface area (Å²) in [6.45, 7) is 0. The van der Waals surface area contributed by atoms with Gasteiger partial charge in [-0.05, 0) is 35.0 Å². The molecule has 0 unspecified atom stereocenters. The van der Waals surface area contributed by atoms with Crippen molar-refractivity contribution < 1.29 is 9.53 Å². The highest BCUT2D eigenvalue weighted by Crippen LogP contribution is 2.25. The Balaban J connectivity index is 2.03. The molecule has 0 saturated carbocycles. The van der Waals surface area contributed by atoms with Crippen LogP contribution in [0.5, 0.6) is 0 Å². The van der Waals surface area contributed by atoms with Gasteiger partial charge in [-0.15, -0.1) is 0 Å². The van der Waals surface area contributed by atoms with E-state index in [4.69, 9.17) is 0 Å². The average Bonchev–Trinajstić information content (AvgIpc) is 2.95. The number of rotatable bonds is 2. The van der Waals surface area contributed by atoms with E-state index in [1.807, 2.05) is 30.3 Å². The maximum absolute atomic E-state index is 11.4. The van der Waals surface area contributed by atoms with Crippen molar-refractivity contribution >= 4 is 32.7 Å². The van der Waals surface area contributed by atoms with Crippen LogP contribution in [0.2, 0.25) is 0 Å². The van der Waals surface area contributed by atoms with Gasteiger partial charge in [-0.25, -0.2) is 4.79 Å². The second-order valence-corrected chi connectivity index (χ2v) is 5.28. The van der Waals surface area contributed by atoms with Crippen molar-refractivity contribution in [1.82, 2.24) is 10.2 Å².